The Balaban J connectivity index is 1.70. The molecule has 1 spiro atoms. The van der Waals surface area contributed by atoms with Crippen LogP contribution in [-0.2, 0) is 4.74 Å². The van der Waals surface area contributed by atoms with Gasteiger partial charge >= 0.3 is 0 Å². The van der Waals surface area contributed by atoms with E-state index in [2.05, 4.69) is 29.8 Å². The molecule has 27 heavy (non-hydrogen) atoms. The Morgan fingerprint density at radius 2 is 2.11 bits per heavy atom. The maximum Gasteiger partial charge on any atom is 0.152 e. The van der Waals surface area contributed by atoms with Gasteiger partial charge in [0.15, 0.2) is 5.82 Å². The van der Waals surface area contributed by atoms with Gasteiger partial charge in [-0.25, -0.2) is 9.37 Å². The minimum Gasteiger partial charge on any atom is -0.379 e. The summed E-state index contributed by atoms with van der Waals surface area (Å²) in [7, 11) is 0. The fraction of sp³-hybridized carbons (Fsp3) is 0.619. The van der Waals surface area contributed by atoms with Gasteiger partial charge in [-0.2, -0.15) is 5.26 Å². The number of benzene rings is 1. The zero-order valence-corrected chi connectivity index (χ0v) is 15.9. The summed E-state index contributed by atoms with van der Waals surface area (Å²) in [6.45, 7) is 7.75. The van der Waals surface area contributed by atoms with Crippen LogP contribution in [0.4, 0.5) is 4.39 Å². The molecule has 1 saturated carbocycles. The van der Waals surface area contributed by atoms with Crippen LogP contribution in [0.15, 0.2) is 12.1 Å². The molecule has 3 heterocycles. The van der Waals surface area contributed by atoms with Crippen LogP contribution < -0.4 is 5.32 Å². The van der Waals surface area contributed by atoms with Crippen LogP contribution in [0.1, 0.15) is 56.5 Å². The van der Waals surface area contributed by atoms with Crippen molar-refractivity contribution < 1.29 is 9.13 Å². The summed E-state index contributed by atoms with van der Waals surface area (Å²) in [5, 5.41) is 12.8. The molecule has 2 saturated heterocycles. The Kier molecular flexibility index (Phi) is 3.66. The number of fused-ring (bicyclic) bond motifs is 1. The summed E-state index contributed by atoms with van der Waals surface area (Å²) in [6, 6.07) is 5.28. The average molecular weight is 368 g/mol. The number of hydrogen-bond donors (Lipinski definition) is 1. The predicted octanol–water partition coefficient (Wildman–Crippen LogP) is 3.50. The number of nitrogens with one attached hydrogen (secondary N) is 1. The van der Waals surface area contributed by atoms with Crippen molar-refractivity contribution in [3.63, 3.8) is 0 Å². The highest BCUT2D eigenvalue weighted by molar-refractivity contribution is 5.79. The van der Waals surface area contributed by atoms with Crippen LogP contribution >= 0.6 is 0 Å². The molecule has 0 amide bonds. The van der Waals surface area contributed by atoms with Gasteiger partial charge in [0.1, 0.15) is 11.3 Å². The van der Waals surface area contributed by atoms with Gasteiger partial charge in [0, 0.05) is 11.3 Å². The Morgan fingerprint density at radius 1 is 1.33 bits per heavy atom. The molecular formula is C21H25FN4O. The minimum atomic E-state index is -0.402. The van der Waals surface area contributed by atoms with E-state index in [1.807, 2.05) is 0 Å². The van der Waals surface area contributed by atoms with Gasteiger partial charge in [-0.05, 0) is 49.9 Å². The van der Waals surface area contributed by atoms with Crippen molar-refractivity contribution in [3.05, 3.63) is 29.3 Å². The third-order valence-corrected chi connectivity index (χ3v) is 6.97. The molecule has 1 aliphatic carbocycles. The molecule has 2 atom stereocenters. The smallest absolute Gasteiger partial charge is 0.152 e. The Morgan fingerprint density at radius 3 is 2.78 bits per heavy atom. The van der Waals surface area contributed by atoms with Crippen molar-refractivity contribution >= 4 is 11.0 Å². The molecule has 1 aromatic heterocycles. The predicted molar refractivity (Wildman–Crippen MR) is 99.9 cm³/mol. The highest BCUT2D eigenvalue weighted by Gasteiger charge is 2.57. The van der Waals surface area contributed by atoms with Gasteiger partial charge in [0.2, 0.25) is 0 Å². The van der Waals surface area contributed by atoms with E-state index in [-0.39, 0.29) is 11.5 Å². The first kappa shape index (κ1) is 17.2. The van der Waals surface area contributed by atoms with E-state index in [9.17, 15) is 9.65 Å². The van der Waals surface area contributed by atoms with Crippen LogP contribution in [0.5, 0.6) is 0 Å². The van der Waals surface area contributed by atoms with E-state index >= 15 is 0 Å². The standard InChI is InChI=1S/C21H25FN4O/c1-20(2)12-27-11-17(20)26-16-8-13(10-23)7-15(22)18(16)25-19(26)14-9-21(14)3-5-24-6-4-21/h7-8,14,17,24H,3-6,9,11-12H2,1-2H3/t14-,17+/m0/s1. The van der Waals surface area contributed by atoms with Crippen molar-refractivity contribution in [2.45, 2.75) is 45.1 Å². The topological polar surface area (TPSA) is 62.9 Å². The number of imidazole rings is 1. The van der Waals surface area contributed by atoms with Crippen molar-refractivity contribution in [1.29, 1.82) is 5.26 Å². The number of aromatic nitrogens is 2. The Labute approximate surface area is 158 Å². The normalized spacial score (nSPS) is 28.5. The minimum absolute atomic E-state index is 0.0579. The van der Waals surface area contributed by atoms with Crippen LogP contribution in [0, 0.1) is 28.0 Å². The van der Waals surface area contributed by atoms with Crippen LogP contribution in [0.3, 0.4) is 0 Å². The summed E-state index contributed by atoms with van der Waals surface area (Å²) in [4.78, 5) is 4.81. The van der Waals surface area contributed by atoms with Crippen LogP contribution in [0.2, 0.25) is 0 Å². The van der Waals surface area contributed by atoms with Crippen molar-refractivity contribution in [2.24, 2.45) is 10.8 Å². The number of halogens is 1. The quantitative estimate of drug-likeness (QED) is 0.881. The van der Waals surface area contributed by atoms with Crippen LogP contribution in [-0.4, -0.2) is 35.9 Å². The number of ether oxygens (including phenoxy) is 1. The monoisotopic (exact) mass is 368 g/mol. The molecule has 2 aliphatic heterocycles. The molecule has 0 unspecified atom stereocenters. The van der Waals surface area contributed by atoms with E-state index in [4.69, 9.17) is 9.72 Å². The van der Waals surface area contributed by atoms with E-state index < -0.39 is 5.82 Å². The maximum absolute atomic E-state index is 14.8. The third kappa shape index (κ3) is 2.52. The highest BCUT2D eigenvalue weighted by Crippen LogP contribution is 2.64. The summed E-state index contributed by atoms with van der Waals surface area (Å²) in [5.74, 6) is 0.957. The molecule has 5 rings (SSSR count). The first-order chi connectivity index (χ1) is 13.0. The van der Waals surface area contributed by atoms with Crippen LogP contribution in [0.25, 0.3) is 11.0 Å². The maximum atomic E-state index is 14.8. The Bertz CT molecular complexity index is 951. The Hall–Kier alpha value is -1.97. The van der Waals surface area contributed by atoms with Crippen molar-refractivity contribution in [2.75, 3.05) is 26.3 Å². The molecule has 6 heteroatoms. The van der Waals surface area contributed by atoms with Gasteiger partial charge in [-0.15, -0.1) is 0 Å². The molecule has 3 aliphatic rings. The molecule has 1 aromatic carbocycles. The van der Waals surface area contributed by atoms with E-state index in [1.165, 1.54) is 6.07 Å². The van der Waals surface area contributed by atoms with Gasteiger partial charge in [-0.1, -0.05) is 13.8 Å². The molecule has 2 aromatic rings. The average Bonchev–Trinajstić information content (AvgIpc) is 3.01. The lowest BCUT2D eigenvalue weighted by Gasteiger charge is -2.29. The number of hydrogen-bond acceptors (Lipinski definition) is 4. The van der Waals surface area contributed by atoms with Gasteiger partial charge in [-0.3, -0.25) is 0 Å². The van der Waals surface area contributed by atoms with E-state index in [1.54, 1.807) is 6.07 Å². The van der Waals surface area contributed by atoms with Crippen molar-refractivity contribution in [1.82, 2.24) is 14.9 Å². The molecular weight excluding hydrogens is 343 g/mol. The van der Waals surface area contributed by atoms with Gasteiger partial charge in [0.05, 0.1) is 36.4 Å². The SMILES string of the molecule is CC1(C)COC[C@H]1n1c([C@@H]2CC23CCNCC3)nc2c(F)cc(C#N)cc21. The molecule has 3 fully saturated rings. The third-order valence-electron chi connectivity index (χ3n) is 6.97. The number of rotatable bonds is 2. The first-order valence-electron chi connectivity index (χ1n) is 9.85. The highest BCUT2D eigenvalue weighted by atomic mass is 19.1. The fourth-order valence-electron chi connectivity index (χ4n) is 5.18. The number of nitriles is 1. The molecule has 142 valence electrons. The second kappa shape index (κ2) is 5.76. The second-order valence-electron chi connectivity index (χ2n) is 9.17. The summed E-state index contributed by atoms with van der Waals surface area (Å²) in [6.07, 6.45) is 3.42. The van der Waals surface area contributed by atoms with Gasteiger partial charge in [0.25, 0.3) is 0 Å². The largest absolute Gasteiger partial charge is 0.379 e. The molecule has 0 bridgehead atoms. The fourth-order valence-corrected chi connectivity index (χ4v) is 5.18. The van der Waals surface area contributed by atoms with Gasteiger partial charge < -0.3 is 14.6 Å². The molecule has 5 nitrogen and oxygen atoms in total. The zero-order chi connectivity index (χ0) is 18.8. The summed E-state index contributed by atoms with van der Waals surface area (Å²) in [5.41, 5.74) is 1.72. The summed E-state index contributed by atoms with van der Waals surface area (Å²) >= 11 is 0. The number of piperidine rings is 1. The van der Waals surface area contributed by atoms with E-state index in [0.29, 0.717) is 35.6 Å². The zero-order valence-electron chi connectivity index (χ0n) is 15.9. The second-order valence-corrected chi connectivity index (χ2v) is 9.17. The number of nitrogens with zero attached hydrogens (tertiary/aromatic N) is 3. The first-order valence-corrected chi connectivity index (χ1v) is 9.85. The van der Waals surface area contributed by atoms with Crippen molar-refractivity contribution in [3.8, 4) is 6.07 Å². The lowest BCUT2D eigenvalue weighted by atomic mass is 9.87. The molecule has 0 radical (unpaired) electrons. The molecule has 1 N–H and O–H groups in total. The summed E-state index contributed by atoms with van der Waals surface area (Å²) < 4.78 is 22.8. The lowest BCUT2D eigenvalue weighted by Crippen LogP contribution is -2.30. The lowest BCUT2D eigenvalue weighted by molar-refractivity contribution is 0.166. The van der Waals surface area contributed by atoms with E-state index in [0.717, 1.165) is 43.7 Å².